The zero-order valence-corrected chi connectivity index (χ0v) is 12.8. The fourth-order valence-electron chi connectivity index (χ4n) is 3.05. The molecule has 3 aromatic carbocycles. The van der Waals surface area contributed by atoms with Crippen LogP contribution in [0.15, 0.2) is 79.0 Å². The summed E-state index contributed by atoms with van der Waals surface area (Å²) in [7, 11) is 0. The molecule has 0 N–H and O–H groups in total. The first kappa shape index (κ1) is 13.3. The molecule has 0 spiro atoms. The molecule has 4 aromatic rings. The van der Waals surface area contributed by atoms with Gasteiger partial charge >= 0.3 is 0 Å². The molecular weight excluding hydrogens is 290 g/mol. The van der Waals surface area contributed by atoms with Crippen LogP contribution in [-0.4, -0.2) is 0 Å². The fourth-order valence-corrected chi connectivity index (χ4v) is 3.26. The van der Waals surface area contributed by atoms with Gasteiger partial charge in [0.05, 0.1) is 11.3 Å². The monoisotopic (exact) mass is 304 g/mol. The molecule has 0 amide bonds. The van der Waals surface area contributed by atoms with E-state index >= 15 is 0 Å². The Morgan fingerprint density at radius 3 is 2.32 bits per heavy atom. The number of hydrogen-bond acceptors (Lipinski definition) is 0. The van der Waals surface area contributed by atoms with Gasteiger partial charge in [0.15, 0.2) is 6.20 Å². The number of aromatic nitrogens is 1. The van der Waals surface area contributed by atoms with E-state index in [9.17, 15) is 0 Å². The second-order valence-electron chi connectivity index (χ2n) is 5.37. The highest BCUT2D eigenvalue weighted by Crippen LogP contribution is 2.25. The average Bonchev–Trinajstić information content (AvgIpc) is 2.60. The van der Waals surface area contributed by atoms with E-state index in [2.05, 4.69) is 83.6 Å². The second kappa shape index (κ2) is 5.43. The van der Waals surface area contributed by atoms with E-state index in [1.54, 1.807) is 0 Å². The molecule has 4 rings (SSSR count). The lowest BCUT2D eigenvalue weighted by atomic mass is 10.0. The fraction of sp³-hybridized carbons (Fsp3) is 0.0500. The van der Waals surface area contributed by atoms with Crippen molar-refractivity contribution in [3.8, 4) is 5.69 Å². The number of halogens is 1. The first-order valence-electron chi connectivity index (χ1n) is 7.35. The molecule has 1 nitrogen and oxygen atoms in total. The molecule has 0 radical (unpaired) electrons. The highest BCUT2D eigenvalue weighted by atomic mass is 35.5. The van der Waals surface area contributed by atoms with Gasteiger partial charge in [0.1, 0.15) is 0 Å². The zero-order chi connectivity index (χ0) is 14.9. The van der Waals surface area contributed by atoms with Crippen LogP contribution in [0.1, 0.15) is 5.56 Å². The van der Waals surface area contributed by atoms with Crippen LogP contribution in [0.5, 0.6) is 0 Å². The Morgan fingerprint density at radius 1 is 0.727 bits per heavy atom. The largest absolute Gasteiger partial charge is 0.223 e. The Balaban J connectivity index is 2.16. The number of para-hydroxylation sites is 1. The molecule has 0 bridgehead atoms. The number of hydrogen-bond donors (Lipinski definition) is 0. The smallest absolute Gasteiger partial charge is 0.159 e. The molecule has 2 heteroatoms. The lowest BCUT2D eigenvalue weighted by Crippen LogP contribution is -2.32. The molecule has 0 unspecified atom stereocenters. The third-order valence-electron chi connectivity index (χ3n) is 4.08. The minimum Gasteiger partial charge on any atom is -0.159 e. The summed E-state index contributed by atoms with van der Waals surface area (Å²) in [5, 5.41) is 3.67. The number of fused-ring (bicyclic) bond motifs is 2. The van der Waals surface area contributed by atoms with E-state index in [1.165, 1.54) is 27.4 Å². The summed E-state index contributed by atoms with van der Waals surface area (Å²) in [5.41, 5.74) is 3.50. The molecule has 1 heterocycles. The van der Waals surface area contributed by atoms with Crippen LogP contribution in [0, 0.1) is 0 Å². The zero-order valence-electron chi connectivity index (χ0n) is 12.0. The highest BCUT2D eigenvalue weighted by Gasteiger charge is 2.19. The van der Waals surface area contributed by atoms with Crippen LogP contribution < -0.4 is 4.57 Å². The van der Waals surface area contributed by atoms with E-state index in [4.69, 9.17) is 11.6 Å². The molecule has 0 saturated heterocycles. The molecule has 0 atom stereocenters. The van der Waals surface area contributed by atoms with Gasteiger partial charge in [0.25, 0.3) is 0 Å². The van der Waals surface area contributed by atoms with Crippen molar-refractivity contribution in [1.29, 1.82) is 0 Å². The van der Waals surface area contributed by atoms with Gasteiger partial charge in [0.2, 0.25) is 11.2 Å². The van der Waals surface area contributed by atoms with Crippen LogP contribution in [0.2, 0.25) is 0 Å². The van der Waals surface area contributed by atoms with Crippen molar-refractivity contribution in [1.82, 2.24) is 0 Å². The lowest BCUT2D eigenvalue weighted by molar-refractivity contribution is -0.566. The Hall–Kier alpha value is -2.38. The van der Waals surface area contributed by atoms with Crippen molar-refractivity contribution < 1.29 is 4.57 Å². The Morgan fingerprint density at radius 2 is 1.45 bits per heavy atom. The van der Waals surface area contributed by atoms with E-state index < -0.39 is 0 Å². The first-order chi connectivity index (χ1) is 10.9. The van der Waals surface area contributed by atoms with Gasteiger partial charge in [-0.25, -0.2) is 0 Å². The average molecular weight is 305 g/mol. The minimum absolute atomic E-state index is 0.496. The van der Waals surface area contributed by atoms with Crippen LogP contribution >= 0.6 is 11.6 Å². The molecular formula is C20H15ClN+. The van der Waals surface area contributed by atoms with Crippen LogP contribution in [0.25, 0.3) is 27.4 Å². The van der Waals surface area contributed by atoms with Crippen LogP contribution in [-0.2, 0) is 5.88 Å². The second-order valence-corrected chi connectivity index (χ2v) is 5.63. The van der Waals surface area contributed by atoms with Crippen molar-refractivity contribution in [3.05, 3.63) is 84.6 Å². The third-order valence-corrected chi connectivity index (χ3v) is 4.36. The molecule has 0 aliphatic rings. The molecule has 1 aromatic heterocycles. The Bertz CT molecular complexity index is 970. The SMILES string of the molecule is ClCc1ccc2ccccc2c1-[n+]1cccc2ccccc21. The third kappa shape index (κ3) is 2.06. The summed E-state index contributed by atoms with van der Waals surface area (Å²) in [6.45, 7) is 0. The molecule has 0 aliphatic heterocycles. The Kier molecular flexibility index (Phi) is 3.28. The van der Waals surface area contributed by atoms with Gasteiger partial charge in [-0.1, -0.05) is 42.5 Å². The first-order valence-corrected chi connectivity index (χ1v) is 7.88. The number of rotatable bonds is 2. The van der Waals surface area contributed by atoms with Crippen molar-refractivity contribution >= 4 is 33.3 Å². The van der Waals surface area contributed by atoms with Gasteiger partial charge in [-0.3, -0.25) is 0 Å². The van der Waals surface area contributed by atoms with E-state index in [-0.39, 0.29) is 0 Å². The van der Waals surface area contributed by atoms with Crippen LogP contribution in [0.3, 0.4) is 0 Å². The summed E-state index contributed by atoms with van der Waals surface area (Å²) in [6.07, 6.45) is 2.11. The lowest BCUT2D eigenvalue weighted by Gasteiger charge is -2.08. The normalized spacial score (nSPS) is 11.1. The maximum absolute atomic E-state index is 6.22. The summed E-state index contributed by atoms with van der Waals surface area (Å²) in [4.78, 5) is 0. The maximum Gasteiger partial charge on any atom is 0.223 e. The Labute approximate surface area is 134 Å². The summed E-state index contributed by atoms with van der Waals surface area (Å²) in [6, 6.07) is 25.4. The van der Waals surface area contributed by atoms with E-state index in [0.29, 0.717) is 5.88 Å². The van der Waals surface area contributed by atoms with Crippen molar-refractivity contribution in [2.45, 2.75) is 5.88 Å². The summed E-state index contributed by atoms with van der Waals surface area (Å²) < 4.78 is 2.25. The van der Waals surface area contributed by atoms with Gasteiger partial charge in [-0.15, -0.1) is 11.6 Å². The van der Waals surface area contributed by atoms with Crippen molar-refractivity contribution in [2.75, 3.05) is 0 Å². The predicted octanol–water partition coefficient (Wildman–Crippen LogP) is 5.01. The minimum atomic E-state index is 0.496. The molecule has 22 heavy (non-hydrogen) atoms. The van der Waals surface area contributed by atoms with Gasteiger partial charge in [-0.05, 0) is 23.6 Å². The number of pyridine rings is 1. The summed E-state index contributed by atoms with van der Waals surface area (Å²) in [5.74, 6) is 0.496. The molecule has 0 saturated carbocycles. The quantitative estimate of drug-likeness (QED) is 0.362. The van der Waals surface area contributed by atoms with Gasteiger partial charge in [-0.2, -0.15) is 4.57 Å². The molecule has 106 valence electrons. The molecule has 0 aliphatic carbocycles. The number of benzene rings is 3. The van der Waals surface area contributed by atoms with Gasteiger partial charge < -0.3 is 0 Å². The topological polar surface area (TPSA) is 3.88 Å². The maximum atomic E-state index is 6.22. The number of alkyl halides is 1. The van der Waals surface area contributed by atoms with Crippen molar-refractivity contribution in [2.24, 2.45) is 0 Å². The highest BCUT2D eigenvalue weighted by molar-refractivity contribution is 6.17. The molecule has 0 fully saturated rings. The summed E-state index contributed by atoms with van der Waals surface area (Å²) >= 11 is 6.22. The van der Waals surface area contributed by atoms with E-state index in [1.807, 2.05) is 0 Å². The standard InChI is InChI=1S/C20H15ClN/c21-14-17-12-11-15-6-1-3-9-18(15)20(17)22-13-5-8-16-7-2-4-10-19(16)22/h1-13H,14H2/q+1. The van der Waals surface area contributed by atoms with E-state index in [0.717, 1.165) is 5.56 Å². The van der Waals surface area contributed by atoms with Crippen LogP contribution in [0.4, 0.5) is 0 Å². The number of nitrogens with zero attached hydrogens (tertiary/aromatic N) is 1. The van der Waals surface area contributed by atoms with Crippen molar-refractivity contribution in [3.63, 3.8) is 0 Å². The predicted molar refractivity (Wildman–Crippen MR) is 92.5 cm³/mol. The van der Waals surface area contributed by atoms with Gasteiger partial charge in [0, 0.05) is 23.1 Å².